The first-order valence-electron chi connectivity index (χ1n) is 4.29. The molecule has 0 aliphatic heterocycles. The van der Waals surface area contributed by atoms with E-state index in [0.29, 0.717) is 0 Å². The van der Waals surface area contributed by atoms with E-state index in [9.17, 15) is 0 Å². The van der Waals surface area contributed by atoms with Gasteiger partial charge in [0, 0.05) is 5.75 Å². The fourth-order valence-corrected chi connectivity index (χ4v) is 1.95. The third-order valence-electron chi connectivity index (χ3n) is 1.84. The zero-order valence-corrected chi connectivity index (χ0v) is 8.05. The molecule has 68 valence electrons. The van der Waals surface area contributed by atoms with Crippen molar-refractivity contribution < 1.29 is 0 Å². The molecule has 0 unspecified atom stereocenters. The van der Waals surface area contributed by atoms with Gasteiger partial charge in [-0.1, -0.05) is 30.0 Å². The van der Waals surface area contributed by atoms with Crippen molar-refractivity contribution in [3.63, 3.8) is 0 Å². The lowest BCUT2D eigenvalue weighted by atomic mass is 10.1. The lowest BCUT2D eigenvalue weighted by molar-refractivity contribution is 0.973. The maximum Gasteiger partial charge on any atom is 0.183 e. The Morgan fingerprint density at radius 2 is 2.46 bits per heavy atom. The molecule has 1 aliphatic rings. The molecule has 1 N–H and O–H groups in total. The van der Waals surface area contributed by atoms with E-state index in [0.717, 1.165) is 10.9 Å². The Labute approximate surface area is 81.3 Å². The van der Waals surface area contributed by atoms with Gasteiger partial charge in [0.25, 0.3) is 0 Å². The fourth-order valence-electron chi connectivity index (χ4n) is 1.19. The van der Waals surface area contributed by atoms with Gasteiger partial charge in [0.15, 0.2) is 5.16 Å². The molecule has 0 saturated heterocycles. The van der Waals surface area contributed by atoms with Gasteiger partial charge in [0.2, 0.25) is 0 Å². The van der Waals surface area contributed by atoms with Crippen molar-refractivity contribution in [1.29, 1.82) is 0 Å². The highest BCUT2D eigenvalue weighted by Gasteiger charge is 2.00. The highest BCUT2D eigenvalue weighted by molar-refractivity contribution is 7.99. The average molecular weight is 193 g/mol. The Balaban J connectivity index is 1.86. The van der Waals surface area contributed by atoms with Crippen LogP contribution in [0.25, 0.3) is 0 Å². The molecule has 0 radical (unpaired) electrons. The number of thioether (sulfide) groups is 1. The quantitative estimate of drug-likeness (QED) is 0.748. The minimum Gasteiger partial charge on any atom is -0.254 e. The molecule has 1 aromatic heterocycles. The molecule has 3 nitrogen and oxygen atoms in total. The Morgan fingerprint density at radius 3 is 3.15 bits per heavy atom. The van der Waals surface area contributed by atoms with Crippen LogP contribution in [-0.2, 0) is 0 Å². The summed E-state index contributed by atoms with van der Waals surface area (Å²) in [5.74, 6) is 0.978. The first kappa shape index (κ1) is 8.56. The molecular weight excluding hydrogens is 182 g/mol. The molecule has 1 aliphatic carbocycles. The number of aromatic nitrogens is 3. The zero-order valence-electron chi connectivity index (χ0n) is 7.23. The van der Waals surface area contributed by atoms with Crippen LogP contribution in [-0.4, -0.2) is 20.9 Å². The van der Waals surface area contributed by atoms with Crippen LogP contribution in [0.4, 0.5) is 0 Å². The van der Waals surface area contributed by atoms with Gasteiger partial charge < -0.3 is 0 Å². The van der Waals surface area contributed by atoms with Crippen LogP contribution in [0.5, 0.6) is 0 Å². The van der Waals surface area contributed by atoms with Gasteiger partial charge in [-0.05, 0) is 18.4 Å². The lowest BCUT2D eigenvalue weighted by Gasteiger charge is -2.04. The minimum atomic E-state index is 0.889. The summed E-state index contributed by atoms with van der Waals surface area (Å²) in [6.45, 7) is 0. The number of H-pyrrole nitrogens is 1. The molecule has 0 aromatic carbocycles. The van der Waals surface area contributed by atoms with Crippen LogP contribution in [0.3, 0.4) is 0 Å². The SMILES string of the molecule is C1=CC(CSc2ncn[nH]2)=CCC1. The largest absolute Gasteiger partial charge is 0.254 e. The summed E-state index contributed by atoms with van der Waals surface area (Å²) in [7, 11) is 0. The van der Waals surface area contributed by atoms with Crippen LogP contribution < -0.4 is 0 Å². The normalized spacial score (nSPS) is 15.8. The second-order valence-corrected chi connectivity index (χ2v) is 3.80. The summed E-state index contributed by atoms with van der Waals surface area (Å²) in [4.78, 5) is 4.05. The van der Waals surface area contributed by atoms with Gasteiger partial charge in [0.05, 0.1) is 0 Å². The van der Waals surface area contributed by atoms with E-state index in [4.69, 9.17) is 0 Å². The molecule has 13 heavy (non-hydrogen) atoms. The van der Waals surface area contributed by atoms with Crippen LogP contribution in [0.2, 0.25) is 0 Å². The molecule has 0 spiro atoms. The number of allylic oxidation sites excluding steroid dienone is 3. The van der Waals surface area contributed by atoms with E-state index in [1.807, 2.05) is 0 Å². The number of hydrogen-bond donors (Lipinski definition) is 1. The van der Waals surface area contributed by atoms with E-state index < -0.39 is 0 Å². The van der Waals surface area contributed by atoms with Crippen molar-refractivity contribution in [2.45, 2.75) is 18.0 Å². The Hall–Kier alpha value is -1.03. The standard InChI is InChI=1S/C9H11N3S/c1-2-4-8(5-3-1)6-13-9-10-7-11-12-9/h2,4-5,7H,1,3,6H2,(H,10,11,12). The van der Waals surface area contributed by atoms with E-state index in [-0.39, 0.29) is 0 Å². The number of hydrogen-bond acceptors (Lipinski definition) is 3. The predicted molar refractivity (Wildman–Crippen MR) is 53.6 cm³/mol. The maximum atomic E-state index is 4.05. The number of nitrogens with zero attached hydrogens (tertiary/aromatic N) is 2. The van der Waals surface area contributed by atoms with Crippen molar-refractivity contribution in [3.05, 3.63) is 30.1 Å². The van der Waals surface area contributed by atoms with Crippen molar-refractivity contribution in [1.82, 2.24) is 15.2 Å². The van der Waals surface area contributed by atoms with Gasteiger partial charge in [-0.3, -0.25) is 5.10 Å². The van der Waals surface area contributed by atoms with Crippen molar-refractivity contribution in [3.8, 4) is 0 Å². The summed E-state index contributed by atoms with van der Waals surface area (Å²) in [6, 6.07) is 0. The number of aromatic amines is 1. The van der Waals surface area contributed by atoms with Crippen molar-refractivity contribution in [2.75, 3.05) is 5.75 Å². The Morgan fingerprint density at radius 1 is 1.46 bits per heavy atom. The Bertz CT molecular complexity index is 314. The molecule has 2 rings (SSSR count). The zero-order chi connectivity index (χ0) is 8.93. The third kappa shape index (κ3) is 2.45. The topological polar surface area (TPSA) is 41.6 Å². The molecule has 4 heteroatoms. The fraction of sp³-hybridized carbons (Fsp3) is 0.333. The van der Waals surface area contributed by atoms with Crippen LogP contribution in [0.15, 0.2) is 35.3 Å². The van der Waals surface area contributed by atoms with E-state index in [2.05, 4.69) is 33.4 Å². The lowest BCUT2D eigenvalue weighted by Crippen LogP contribution is -1.89. The molecule has 0 saturated carbocycles. The smallest absolute Gasteiger partial charge is 0.183 e. The molecule has 1 aromatic rings. The van der Waals surface area contributed by atoms with E-state index >= 15 is 0 Å². The Kier molecular flexibility index (Phi) is 2.82. The second kappa shape index (κ2) is 4.28. The van der Waals surface area contributed by atoms with Crippen LogP contribution >= 0.6 is 11.8 Å². The summed E-state index contributed by atoms with van der Waals surface area (Å²) in [5, 5.41) is 7.51. The first-order valence-corrected chi connectivity index (χ1v) is 5.27. The van der Waals surface area contributed by atoms with Crippen LogP contribution in [0.1, 0.15) is 12.8 Å². The molecule has 1 heterocycles. The van der Waals surface area contributed by atoms with Gasteiger partial charge in [-0.2, -0.15) is 5.10 Å². The summed E-state index contributed by atoms with van der Waals surface area (Å²) < 4.78 is 0. The average Bonchev–Trinajstić information content (AvgIpc) is 2.69. The van der Waals surface area contributed by atoms with Gasteiger partial charge in [-0.15, -0.1) is 0 Å². The maximum absolute atomic E-state index is 4.05. The summed E-state index contributed by atoms with van der Waals surface area (Å²) in [5.41, 5.74) is 1.38. The molecule has 0 atom stereocenters. The van der Waals surface area contributed by atoms with Crippen LogP contribution in [0, 0.1) is 0 Å². The van der Waals surface area contributed by atoms with Crippen molar-refractivity contribution in [2.24, 2.45) is 0 Å². The predicted octanol–water partition coefficient (Wildman–Crippen LogP) is 2.17. The monoisotopic (exact) mass is 193 g/mol. The molecule has 0 fully saturated rings. The molecular formula is C9H11N3S. The summed E-state index contributed by atoms with van der Waals surface area (Å²) in [6.07, 6.45) is 10.6. The summed E-state index contributed by atoms with van der Waals surface area (Å²) >= 11 is 1.68. The first-order chi connectivity index (χ1) is 6.45. The van der Waals surface area contributed by atoms with Gasteiger partial charge >= 0.3 is 0 Å². The van der Waals surface area contributed by atoms with Gasteiger partial charge in [-0.25, -0.2) is 4.98 Å². The van der Waals surface area contributed by atoms with E-state index in [1.165, 1.54) is 24.7 Å². The third-order valence-corrected chi connectivity index (χ3v) is 2.79. The van der Waals surface area contributed by atoms with Gasteiger partial charge in [0.1, 0.15) is 6.33 Å². The highest BCUT2D eigenvalue weighted by Crippen LogP contribution is 2.18. The van der Waals surface area contributed by atoms with Crippen molar-refractivity contribution >= 4 is 11.8 Å². The highest BCUT2D eigenvalue weighted by atomic mass is 32.2. The molecule has 0 bridgehead atoms. The number of nitrogens with one attached hydrogen (secondary N) is 1. The molecule has 0 amide bonds. The van der Waals surface area contributed by atoms with E-state index in [1.54, 1.807) is 11.8 Å². The number of rotatable bonds is 3. The minimum absolute atomic E-state index is 0.889. The second-order valence-electron chi connectivity index (χ2n) is 2.84.